The highest BCUT2D eigenvalue weighted by atomic mass is 19.1. The third-order valence-corrected chi connectivity index (χ3v) is 5.92. The Morgan fingerprint density at radius 1 is 1.36 bits per heavy atom. The van der Waals surface area contributed by atoms with Crippen LogP contribution in [0.4, 0.5) is 4.39 Å². The van der Waals surface area contributed by atoms with E-state index in [2.05, 4.69) is 21.8 Å². The van der Waals surface area contributed by atoms with Gasteiger partial charge in [-0.05, 0) is 51.4 Å². The molecule has 1 saturated heterocycles. The molecule has 3 fully saturated rings. The van der Waals surface area contributed by atoms with Crippen LogP contribution in [0.25, 0.3) is 0 Å². The molecule has 0 spiro atoms. The predicted molar refractivity (Wildman–Crippen MR) is 80.8 cm³/mol. The van der Waals surface area contributed by atoms with E-state index in [4.69, 9.17) is 4.74 Å². The summed E-state index contributed by atoms with van der Waals surface area (Å²) in [5.41, 5.74) is 0.120. The van der Waals surface area contributed by atoms with E-state index in [9.17, 15) is 4.39 Å². The van der Waals surface area contributed by atoms with Crippen molar-refractivity contribution >= 4 is 0 Å². The fraction of sp³-hybridized carbons (Fsp3) is 0.765. The zero-order valence-electron chi connectivity index (χ0n) is 13.2. The van der Waals surface area contributed by atoms with Crippen molar-refractivity contribution in [2.75, 3.05) is 13.3 Å². The van der Waals surface area contributed by atoms with Crippen LogP contribution in [-0.2, 0) is 10.2 Å². The van der Waals surface area contributed by atoms with Gasteiger partial charge in [-0.2, -0.15) is 0 Å². The maximum absolute atomic E-state index is 13.0. The summed E-state index contributed by atoms with van der Waals surface area (Å²) in [7, 11) is 0. The molecule has 1 aromatic rings. The molecule has 4 nitrogen and oxygen atoms in total. The molecule has 120 valence electrons. The van der Waals surface area contributed by atoms with Crippen molar-refractivity contribution in [2.24, 2.45) is 5.92 Å². The second-order valence-corrected chi connectivity index (χ2v) is 7.28. The van der Waals surface area contributed by atoms with Crippen molar-refractivity contribution in [2.45, 2.75) is 63.0 Å². The van der Waals surface area contributed by atoms with Crippen LogP contribution in [0.3, 0.4) is 0 Å². The predicted octanol–water partition coefficient (Wildman–Crippen LogP) is 2.88. The first kappa shape index (κ1) is 14.5. The number of aromatic nitrogens is 2. The van der Waals surface area contributed by atoms with E-state index in [1.54, 1.807) is 0 Å². The molecular weight excluding hydrogens is 281 g/mol. The summed E-state index contributed by atoms with van der Waals surface area (Å²) in [5, 5.41) is 0. The van der Waals surface area contributed by atoms with Gasteiger partial charge in [-0.1, -0.05) is 0 Å². The Morgan fingerprint density at radius 3 is 2.86 bits per heavy atom. The number of hydrogen-bond acceptors (Lipinski definition) is 4. The Kier molecular flexibility index (Phi) is 3.65. The molecule has 0 radical (unpaired) electrons. The number of likely N-dealkylation sites (tertiary alicyclic amines) is 1. The van der Waals surface area contributed by atoms with Gasteiger partial charge in [0.15, 0.2) is 5.82 Å². The third kappa shape index (κ3) is 2.54. The standard InChI is InChI=1S/C17H24FN3O/c1-12-3-2-6-21(12)11-22-15-4-5-17(8-13(17)7-15)16-19-9-14(18)10-20-16/h9-10,12-13,15H,2-8,11H2,1H3/t12?,13-,15+,17-/m0/s1. The maximum atomic E-state index is 13.0. The van der Waals surface area contributed by atoms with E-state index in [1.165, 1.54) is 31.8 Å². The number of halogens is 1. The summed E-state index contributed by atoms with van der Waals surface area (Å²) >= 11 is 0. The summed E-state index contributed by atoms with van der Waals surface area (Å²) in [4.78, 5) is 10.9. The molecule has 3 aliphatic rings. The van der Waals surface area contributed by atoms with Gasteiger partial charge in [-0.15, -0.1) is 0 Å². The van der Waals surface area contributed by atoms with Crippen LogP contribution in [0.5, 0.6) is 0 Å². The Labute approximate surface area is 131 Å². The highest BCUT2D eigenvalue weighted by Gasteiger charge is 2.59. The van der Waals surface area contributed by atoms with Crippen molar-refractivity contribution in [1.82, 2.24) is 14.9 Å². The molecule has 1 aliphatic heterocycles. The largest absolute Gasteiger partial charge is 0.363 e. The lowest BCUT2D eigenvalue weighted by molar-refractivity contribution is -0.0428. The van der Waals surface area contributed by atoms with Crippen LogP contribution in [0.1, 0.15) is 51.3 Å². The van der Waals surface area contributed by atoms with Gasteiger partial charge in [0.25, 0.3) is 0 Å². The van der Waals surface area contributed by atoms with E-state index in [-0.39, 0.29) is 11.2 Å². The molecule has 5 heteroatoms. The molecule has 22 heavy (non-hydrogen) atoms. The van der Waals surface area contributed by atoms with Gasteiger partial charge >= 0.3 is 0 Å². The quantitative estimate of drug-likeness (QED) is 0.857. The van der Waals surface area contributed by atoms with Crippen LogP contribution in [-0.4, -0.2) is 40.3 Å². The molecule has 2 heterocycles. The second kappa shape index (κ2) is 5.53. The van der Waals surface area contributed by atoms with Crippen LogP contribution >= 0.6 is 0 Å². The average molecular weight is 305 g/mol. The molecular formula is C17H24FN3O. The van der Waals surface area contributed by atoms with Gasteiger partial charge in [0.1, 0.15) is 5.82 Å². The number of ether oxygens (including phenoxy) is 1. The lowest BCUT2D eigenvalue weighted by Crippen LogP contribution is -2.34. The lowest BCUT2D eigenvalue weighted by Gasteiger charge is -2.30. The van der Waals surface area contributed by atoms with E-state index < -0.39 is 0 Å². The minimum Gasteiger partial charge on any atom is -0.363 e. The number of nitrogens with zero attached hydrogens (tertiary/aromatic N) is 3. The Bertz CT molecular complexity index is 537. The van der Waals surface area contributed by atoms with Crippen molar-refractivity contribution in [3.8, 4) is 0 Å². The number of rotatable bonds is 4. The Balaban J connectivity index is 1.32. The first-order valence-corrected chi connectivity index (χ1v) is 8.51. The first-order chi connectivity index (χ1) is 10.7. The molecule has 0 bridgehead atoms. The number of hydrogen-bond donors (Lipinski definition) is 0. The van der Waals surface area contributed by atoms with Gasteiger partial charge in [-0.3, -0.25) is 4.90 Å². The van der Waals surface area contributed by atoms with E-state index in [0.29, 0.717) is 18.1 Å². The van der Waals surface area contributed by atoms with Crippen molar-refractivity contribution in [1.29, 1.82) is 0 Å². The van der Waals surface area contributed by atoms with Crippen molar-refractivity contribution < 1.29 is 9.13 Å². The lowest BCUT2D eigenvalue weighted by atomic mass is 9.86. The van der Waals surface area contributed by atoms with Crippen LogP contribution in [0.2, 0.25) is 0 Å². The Morgan fingerprint density at radius 2 is 2.18 bits per heavy atom. The van der Waals surface area contributed by atoms with Crippen molar-refractivity contribution in [3.05, 3.63) is 24.0 Å². The van der Waals surface area contributed by atoms with Gasteiger partial charge in [0, 0.05) is 18.0 Å². The summed E-state index contributed by atoms with van der Waals surface area (Å²) in [6, 6.07) is 0.663. The molecule has 0 amide bonds. The van der Waals surface area contributed by atoms with Gasteiger partial charge in [-0.25, -0.2) is 14.4 Å². The highest BCUT2D eigenvalue weighted by Crippen LogP contribution is 2.61. The molecule has 0 N–H and O–H groups in total. The topological polar surface area (TPSA) is 38.2 Å². The zero-order valence-corrected chi connectivity index (χ0v) is 13.2. The van der Waals surface area contributed by atoms with Gasteiger partial charge in [0.2, 0.25) is 0 Å². The smallest absolute Gasteiger partial charge is 0.159 e. The fourth-order valence-electron chi connectivity index (χ4n) is 4.34. The zero-order chi connectivity index (χ0) is 15.2. The minimum absolute atomic E-state index is 0.120. The molecule has 1 aromatic heterocycles. The monoisotopic (exact) mass is 305 g/mol. The molecule has 4 rings (SSSR count). The van der Waals surface area contributed by atoms with Crippen LogP contribution in [0, 0.1) is 11.7 Å². The van der Waals surface area contributed by atoms with Crippen molar-refractivity contribution in [3.63, 3.8) is 0 Å². The molecule has 0 aromatic carbocycles. The molecule has 2 aliphatic carbocycles. The molecule has 4 atom stereocenters. The molecule has 2 saturated carbocycles. The summed E-state index contributed by atoms with van der Waals surface area (Å²) in [6.07, 6.45) is 9.93. The average Bonchev–Trinajstić information content (AvgIpc) is 3.12. The summed E-state index contributed by atoms with van der Waals surface area (Å²) in [6.45, 7) is 4.23. The first-order valence-electron chi connectivity index (χ1n) is 8.51. The van der Waals surface area contributed by atoms with E-state index in [1.807, 2.05) is 0 Å². The molecule has 1 unspecified atom stereocenters. The summed E-state index contributed by atoms with van der Waals surface area (Å²) in [5.74, 6) is 1.10. The number of fused-ring (bicyclic) bond motifs is 1. The van der Waals surface area contributed by atoms with Crippen LogP contribution in [0.15, 0.2) is 12.4 Å². The summed E-state index contributed by atoms with van der Waals surface area (Å²) < 4.78 is 19.1. The second-order valence-electron chi connectivity index (χ2n) is 7.28. The normalized spacial score (nSPS) is 38.0. The maximum Gasteiger partial charge on any atom is 0.159 e. The highest BCUT2D eigenvalue weighted by molar-refractivity contribution is 5.24. The van der Waals surface area contributed by atoms with Crippen LogP contribution < -0.4 is 0 Å². The third-order valence-electron chi connectivity index (χ3n) is 5.92. The minimum atomic E-state index is -0.353. The van der Waals surface area contributed by atoms with Gasteiger partial charge in [0.05, 0.1) is 25.2 Å². The fourth-order valence-corrected chi connectivity index (χ4v) is 4.34. The van der Waals surface area contributed by atoms with E-state index in [0.717, 1.165) is 38.2 Å². The SMILES string of the molecule is CC1CCCN1CO[C@@H]1CC[C@]2(c3ncc(F)cn3)C[C@@H]2C1. The van der Waals surface area contributed by atoms with Gasteiger partial charge < -0.3 is 4.74 Å². The van der Waals surface area contributed by atoms with E-state index >= 15 is 0 Å². The Hall–Kier alpha value is -1.07.